The monoisotopic (exact) mass is 276 g/mol. The predicted octanol–water partition coefficient (Wildman–Crippen LogP) is 2.95. The standard InChI is InChI=1S/C16H24N2O2/c1-20-15-10-8-13(9-11-15)17-12-16(19)18-14-6-4-2-3-5-7-14/h8-11,14,17H,2-7,12H2,1H3,(H,18,19). The molecule has 0 aliphatic heterocycles. The average molecular weight is 276 g/mol. The van der Waals surface area contributed by atoms with E-state index in [1.807, 2.05) is 24.3 Å². The van der Waals surface area contributed by atoms with E-state index in [1.54, 1.807) is 7.11 Å². The van der Waals surface area contributed by atoms with E-state index >= 15 is 0 Å². The van der Waals surface area contributed by atoms with Crippen LogP contribution >= 0.6 is 0 Å². The molecule has 1 aliphatic carbocycles. The molecule has 0 saturated heterocycles. The van der Waals surface area contributed by atoms with Gasteiger partial charge in [0.15, 0.2) is 0 Å². The Balaban J connectivity index is 1.73. The first-order valence-corrected chi connectivity index (χ1v) is 7.45. The summed E-state index contributed by atoms with van der Waals surface area (Å²) in [7, 11) is 1.64. The molecule has 1 saturated carbocycles. The summed E-state index contributed by atoms with van der Waals surface area (Å²) in [6.07, 6.45) is 7.31. The third kappa shape index (κ3) is 4.76. The molecule has 0 bridgehead atoms. The van der Waals surface area contributed by atoms with Crippen LogP contribution in [0.2, 0.25) is 0 Å². The minimum absolute atomic E-state index is 0.0766. The second-order valence-electron chi connectivity index (χ2n) is 5.34. The molecule has 1 aromatic rings. The van der Waals surface area contributed by atoms with Crippen molar-refractivity contribution in [2.24, 2.45) is 0 Å². The van der Waals surface area contributed by atoms with Gasteiger partial charge in [-0.05, 0) is 37.1 Å². The van der Waals surface area contributed by atoms with E-state index in [0.29, 0.717) is 12.6 Å². The van der Waals surface area contributed by atoms with E-state index in [-0.39, 0.29) is 5.91 Å². The molecule has 0 atom stereocenters. The van der Waals surface area contributed by atoms with Gasteiger partial charge >= 0.3 is 0 Å². The number of rotatable bonds is 5. The molecule has 0 unspecified atom stereocenters. The van der Waals surface area contributed by atoms with E-state index in [2.05, 4.69) is 10.6 Å². The van der Waals surface area contributed by atoms with Crippen LogP contribution < -0.4 is 15.4 Å². The largest absolute Gasteiger partial charge is 0.497 e. The van der Waals surface area contributed by atoms with Gasteiger partial charge in [0.1, 0.15) is 5.75 Å². The van der Waals surface area contributed by atoms with Crippen molar-refractivity contribution in [1.29, 1.82) is 0 Å². The van der Waals surface area contributed by atoms with Gasteiger partial charge in [-0.1, -0.05) is 25.7 Å². The van der Waals surface area contributed by atoms with Crippen LogP contribution in [0.4, 0.5) is 5.69 Å². The zero-order valence-corrected chi connectivity index (χ0v) is 12.2. The van der Waals surface area contributed by atoms with Crippen molar-refractivity contribution in [3.8, 4) is 5.75 Å². The summed E-state index contributed by atoms with van der Waals surface area (Å²) in [4.78, 5) is 11.9. The molecular weight excluding hydrogens is 252 g/mol. The summed E-state index contributed by atoms with van der Waals surface area (Å²) in [6, 6.07) is 7.95. The van der Waals surface area contributed by atoms with E-state index in [4.69, 9.17) is 4.74 Å². The molecule has 2 N–H and O–H groups in total. The maximum absolute atomic E-state index is 11.9. The summed E-state index contributed by atoms with van der Waals surface area (Å²) in [5.74, 6) is 0.895. The normalized spacial score (nSPS) is 16.2. The molecule has 110 valence electrons. The highest BCUT2D eigenvalue weighted by Gasteiger charge is 2.14. The number of anilines is 1. The number of hydrogen-bond donors (Lipinski definition) is 2. The third-order valence-electron chi connectivity index (χ3n) is 3.76. The van der Waals surface area contributed by atoms with Crippen molar-refractivity contribution in [2.75, 3.05) is 19.0 Å². The molecule has 0 radical (unpaired) electrons. The van der Waals surface area contributed by atoms with E-state index in [1.165, 1.54) is 25.7 Å². The van der Waals surface area contributed by atoms with Crippen LogP contribution in [0.1, 0.15) is 38.5 Å². The SMILES string of the molecule is COc1ccc(NCC(=O)NC2CCCCCC2)cc1. The Labute approximate surface area is 120 Å². The van der Waals surface area contributed by atoms with Gasteiger partial charge in [-0.25, -0.2) is 0 Å². The van der Waals surface area contributed by atoms with Gasteiger partial charge in [0.05, 0.1) is 13.7 Å². The fraction of sp³-hybridized carbons (Fsp3) is 0.562. The minimum atomic E-state index is 0.0766. The second kappa shape index (κ2) is 7.78. The Morgan fingerprint density at radius 1 is 1.15 bits per heavy atom. The summed E-state index contributed by atoms with van der Waals surface area (Å²) < 4.78 is 5.10. The molecule has 1 amide bonds. The van der Waals surface area contributed by atoms with Crippen LogP contribution in [0.15, 0.2) is 24.3 Å². The fourth-order valence-electron chi connectivity index (χ4n) is 2.59. The van der Waals surface area contributed by atoms with Crippen LogP contribution in [0.5, 0.6) is 5.75 Å². The number of amides is 1. The molecule has 1 fully saturated rings. The Morgan fingerprint density at radius 2 is 1.80 bits per heavy atom. The van der Waals surface area contributed by atoms with E-state index < -0.39 is 0 Å². The average Bonchev–Trinajstić information content (AvgIpc) is 2.74. The molecule has 4 nitrogen and oxygen atoms in total. The molecule has 1 aliphatic rings. The van der Waals surface area contributed by atoms with E-state index in [0.717, 1.165) is 24.3 Å². The number of ether oxygens (including phenoxy) is 1. The van der Waals surface area contributed by atoms with Crippen LogP contribution in [-0.4, -0.2) is 25.6 Å². The van der Waals surface area contributed by atoms with Crippen molar-refractivity contribution >= 4 is 11.6 Å². The van der Waals surface area contributed by atoms with Gasteiger partial charge in [-0.2, -0.15) is 0 Å². The van der Waals surface area contributed by atoms with Crippen molar-refractivity contribution in [3.63, 3.8) is 0 Å². The molecule has 0 spiro atoms. The maximum atomic E-state index is 11.9. The maximum Gasteiger partial charge on any atom is 0.239 e. The molecule has 2 rings (SSSR count). The second-order valence-corrected chi connectivity index (χ2v) is 5.34. The first-order valence-electron chi connectivity index (χ1n) is 7.45. The lowest BCUT2D eigenvalue weighted by Crippen LogP contribution is -2.38. The predicted molar refractivity (Wildman–Crippen MR) is 81.1 cm³/mol. The van der Waals surface area contributed by atoms with Crippen LogP contribution in [0.25, 0.3) is 0 Å². The fourth-order valence-corrected chi connectivity index (χ4v) is 2.59. The number of benzene rings is 1. The number of hydrogen-bond acceptors (Lipinski definition) is 3. The summed E-state index contributed by atoms with van der Waals surface area (Å²) in [5.41, 5.74) is 0.932. The van der Waals surface area contributed by atoms with Crippen molar-refractivity contribution in [3.05, 3.63) is 24.3 Å². The number of nitrogens with one attached hydrogen (secondary N) is 2. The Kier molecular flexibility index (Phi) is 5.71. The highest BCUT2D eigenvalue weighted by atomic mass is 16.5. The lowest BCUT2D eigenvalue weighted by molar-refractivity contribution is -0.120. The van der Waals surface area contributed by atoms with Crippen molar-refractivity contribution in [1.82, 2.24) is 5.32 Å². The molecule has 1 aromatic carbocycles. The number of carbonyl (C=O) groups excluding carboxylic acids is 1. The summed E-state index contributed by atoms with van der Waals surface area (Å²) in [6.45, 7) is 0.322. The molecular formula is C16H24N2O2. The lowest BCUT2D eigenvalue weighted by Gasteiger charge is -2.16. The highest BCUT2D eigenvalue weighted by Crippen LogP contribution is 2.17. The minimum Gasteiger partial charge on any atom is -0.497 e. The van der Waals surface area contributed by atoms with Gasteiger partial charge in [0, 0.05) is 11.7 Å². The summed E-state index contributed by atoms with van der Waals surface area (Å²) >= 11 is 0. The number of carbonyl (C=O) groups is 1. The quantitative estimate of drug-likeness (QED) is 0.813. The van der Waals surface area contributed by atoms with Gasteiger partial charge in [-0.15, -0.1) is 0 Å². The molecule has 4 heteroatoms. The lowest BCUT2D eigenvalue weighted by atomic mass is 10.1. The Morgan fingerprint density at radius 3 is 2.40 bits per heavy atom. The molecule has 0 aromatic heterocycles. The first-order chi connectivity index (χ1) is 9.78. The Bertz CT molecular complexity index is 409. The smallest absolute Gasteiger partial charge is 0.239 e. The molecule has 20 heavy (non-hydrogen) atoms. The van der Waals surface area contributed by atoms with Gasteiger partial charge in [0.2, 0.25) is 5.91 Å². The van der Waals surface area contributed by atoms with Gasteiger partial charge < -0.3 is 15.4 Å². The van der Waals surface area contributed by atoms with Gasteiger partial charge in [0.25, 0.3) is 0 Å². The van der Waals surface area contributed by atoms with Crippen LogP contribution in [0, 0.1) is 0 Å². The van der Waals surface area contributed by atoms with Gasteiger partial charge in [-0.3, -0.25) is 4.79 Å². The topological polar surface area (TPSA) is 50.4 Å². The zero-order chi connectivity index (χ0) is 14.2. The Hall–Kier alpha value is -1.71. The molecule has 0 heterocycles. The zero-order valence-electron chi connectivity index (χ0n) is 12.2. The van der Waals surface area contributed by atoms with Crippen molar-refractivity contribution in [2.45, 2.75) is 44.6 Å². The highest BCUT2D eigenvalue weighted by molar-refractivity contribution is 5.81. The third-order valence-corrected chi connectivity index (χ3v) is 3.76. The van der Waals surface area contributed by atoms with E-state index in [9.17, 15) is 4.79 Å². The first kappa shape index (κ1) is 14.7. The van der Waals surface area contributed by atoms with Crippen LogP contribution in [0.3, 0.4) is 0 Å². The summed E-state index contributed by atoms with van der Waals surface area (Å²) in [5, 5.41) is 6.26. The van der Waals surface area contributed by atoms with Crippen molar-refractivity contribution < 1.29 is 9.53 Å². The number of methoxy groups -OCH3 is 1. The van der Waals surface area contributed by atoms with Crippen LogP contribution in [-0.2, 0) is 4.79 Å².